The number of nitrogens with zero attached hydrogens (tertiary/aromatic N) is 1. The van der Waals surface area contributed by atoms with Crippen LogP contribution in [0.1, 0.15) is 90.9 Å². The summed E-state index contributed by atoms with van der Waals surface area (Å²) in [5.74, 6) is -0.323. The number of quaternary nitrogens is 1. The van der Waals surface area contributed by atoms with Gasteiger partial charge >= 0.3 is 5.97 Å². The molecule has 1 N–H and O–H groups in total. The molecule has 0 saturated carbocycles. The van der Waals surface area contributed by atoms with Gasteiger partial charge < -0.3 is 14.3 Å². The number of hydrogen-bond acceptors (Lipinski definition) is 3. The van der Waals surface area contributed by atoms with Gasteiger partial charge in [0.05, 0.1) is 20.2 Å². The largest absolute Gasteiger partial charge is 0.456 e. The molecule has 27 heavy (non-hydrogen) atoms. The number of carbonyl (C=O) groups excluding carboxylic acids is 1. The van der Waals surface area contributed by atoms with Gasteiger partial charge in [-0.3, -0.25) is 0 Å². The van der Waals surface area contributed by atoms with Crippen LogP contribution in [-0.4, -0.2) is 55.5 Å². The van der Waals surface area contributed by atoms with Gasteiger partial charge in [0.1, 0.15) is 19.7 Å². The average Bonchev–Trinajstić information content (AvgIpc) is 2.62. The van der Waals surface area contributed by atoms with Crippen molar-refractivity contribution in [2.24, 2.45) is 0 Å². The van der Waals surface area contributed by atoms with Crippen molar-refractivity contribution in [2.45, 2.75) is 90.9 Å². The van der Waals surface area contributed by atoms with E-state index in [2.05, 4.69) is 20.6 Å². The third kappa shape index (κ3) is 15.8. The molecule has 0 aliphatic carbocycles. The van der Waals surface area contributed by atoms with E-state index in [4.69, 9.17) is 4.74 Å². The van der Waals surface area contributed by atoms with Crippen LogP contribution in [0.4, 0.5) is 0 Å². The van der Waals surface area contributed by atoms with Crippen LogP contribution in [0.25, 0.3) is 0 Å². The van der Waals surface area contributed by atoms with Crippen molar-refractivity contribution < 1.29 is 19.1 Å². The van der Waals surface area contributed by atoms with Crippen LogP contribution < -0.4 is 0 Å². The molecular formula is C23H46NO3+. The van der Waals surface area contributed by atoms with E-state index in [1.807, 2.05) is 0 Å². The Balaban J connectivity index is 3.71. The summed E-state index contributed by atoms with van der Waals surface area (Å²) >= 11 is 0. The molecule has 0 heterocycles. The third-order valence-electron chi connectivity index (χ3n) is 5.40. The lowest BCUT2D eigenvalue weighted by Crippen LogP contribution is -2.49. The molecule has 0 rings (SSSR count). The van der Waals surface area contributed by atoms with Gasteiger partial charge in [-0.25, -0.2) is 4.79 Å². The highest BCUT2D eigenvalue weighted by atomic mass is 16.5. The zero-order valence-electron chi connectivity index (χ0n) is 18.4. The Morgan fingerprint density at radius 2 is 1.33 bits per heavy atom. The van der Waals surface area contributed by atoms with E-state index in [1.165, 1.54) is 77.0 Å². The van der Waals surface area contributed by atoms with Crippen molar-refractivity contribution in [3.05, 3.63) is 12.2 Å². The topological polar surface area (TPSA) is 46.5 Å². The maximum absolute atomic E-state index is 11.5. The molecule has 160 valence electrons. The smallest absolute Gasteiger partial charge is 0.333 e. The average molecular weight is 385 g/mol. The number of aliphatic hydroxyl groups excluding tert-OH is 1. The number of carbonyl (C=O) groups is 1. The number of aliphatic hydroxyl groups is 1. The monoisotopic (exact) mass is 384 g/mol. The molecule has 0 aliphatic heterocycles. The molecule has 0 aliphatic rings. The Kier molecular flexibility index (Phi) is 16.7. The molecule has 4 nitrogen and oxygen atoms in total. The minimum Gasteiger partial charge on any atom is -0.456 e. The molecule has 0 aromatic heterocycles. The number of likely N-dealkylation sites (N-methyl/N-ethyl adjacent to an activating group) is 1. The highest BCUT2D eigenvalue weighted by Gasteiger charge is 2.21. The van der Waals surface area contributed by atoms with Gasteiger partial charge in [0, 0.05) is 5.57 Å². The number of esters is 1. The number of rotatable bonds is 19. The fraction of sp³-hybridized carbons (Fsp3) is 0.870. The molecule has 0 fully saturated rings. The lowest BCUT2D eigenvalue weighted by Gasteiger charge is -2.34. The molecule has 1 atom stereocenters. The van der Waals surface area contributed by atoms with E-state index in [0.717, 1.165) is 17.6 Å². The molecule has 1 unspecified atom stereocenters. The summed E-state index contributed by atoms with van der Waals surface area (Å²) in [6.45, 7) is 10.6. The van der Waals surface area contributed by atoms with Crippen LogP contribution in [0.3, 0.4) is 0 Å². The van der Waals surface area contributed by atoms with Crippen LogP contribution in [0.15, 0.2) is 12.2 Å². The predicted molar refractivity (Wildman–Crippen MR) is 115 cm³/mol. The Morgan fingerprint density at radius 3 is 1.78 bits per heavy atom. The van der Waals surface area contributed by atoms with E-state index in [9.17, 15) is 9.90 Å². The van der Waals surface area contributed by atoms with Gasteiger partial charge in [-0.15, -0.1) is 0 Å². The third-order valence-corrected chi connectivity index (χ3v) is 5.40. The normalized spacial score (nSPS) is 13.3. The standard InChI is InChI=1S/C23H46NO3/c1-5-6-7-8-9-10-11-12-13-14-15-16-17-24(4,18-20-25)19-21-27-23(26)22(2)3/h25H,2,5-21H2,1,3-4H3/q+1. The molecule has 0 aromatic carbocycles. The van der Waals surface area contributed by atoms with Crippen molar-refractivity contribution in [2.75, 3.05) is 39.9 Å². The summed E-state index contributed by atoms with van der Waals surface area (Å²) in [5, 5.41) is 9.35. The van der Waals surface area contributed by atoms with Gasteiger partial charge in [-0.05, 0) is 19.8 Å². The van der Waals surface area contributed by atoms with Crippen LogP contribution in [0, 0.1) is 0 Å². The summed E-state index contributed by atoms with van der Waals surface area (Å²) in [7, 11) is 2.14. The van der Waals surface area contributed by atoms with Gasteiger partial charge in [0.2, 0.25) is 0 Å². The summed E-state index contributed by atoms with van der Waals surface area (Å²) in [6.07, 6.45) is 16.2. The summed E-state index contributed by atoms with van der Waals surface area (Å²) in [5.41, 5.74) is 0.437. The molecule has 0 aromatic rings. The molecule has 0 bridgehead atoms. The van der Waals surface area contributed by atoms with Crippen LogP contribution in [-0.2, 0) is 9.53 Å². The van der Waals surface area contributed by atoms with Gasteiger partial charge in [-0.2, -0.15) is 0 Å². The number of hydrogen-bond donors (Lipinski definition) is 1. The van der Waals surface area contributed by atoms with Gasteiger partial charge in [-0.1, -0.05) is 77.7 Å². The maximum atomic E-state index is 11.5. The molecular weight excluding hydrogens is 338 g/mol. The first-order valence-electron chi connectivity index (χ1n) is 11.2. The number of ether oxygens (including phenoxy) is 1. The Labute approximate surface area is 168 Å². The first-order chi connectivity index (χ1) is 12.9. The molecule has 4 heteroatoms. The predicted octanol–water partition coefficient (Wildman–Crippen LogP) is 5.25. The van der Waals surface area contributed by atoms with Crippen molar-refractivity contribution in [1.82, 2.24) is 0 Å². The zero-order valence-corrected chi connectivity index (χ0v) is 18.4. The second-order valence-corrected chi connectivity index (χ2v) is 8.32. The first kappa shape index (κ1) is 26.1. The van der Waals surface area contributed by atoms with Crippen LogP contribution in [0.2, 0.25) is 0 Å². The highest BCUT2D eigenvalue weighted by Crippen LogP contribution is 2.13. The van der Waals surface area contributed by atoms with Crippen molar-refractivity contribution in [3.63, 3.8) is 0 Å². The van der Waals surface area contributed by atoms with E-state index < -0.39 is 0 Å². The summed E-state index contributed by atoms with van der Waals surface area (Å²) in [4.78, 5) is 11.5. The lowest BCUT2D eigenvalue weighted by molar-refractivity contribution is -0.910. The van der Waals surface area contributed by atoms with E-state index in [0.29, 0.717) is 18.7 Å². The van der Waals surface area contributed by atoms with E-state index >= 15 is 0 Å². The fourth-order valence-electron chi connectivity index (χ4n) is 3.39. The Bertz CT molecular complexity index is 384. The summed E-state index contributed by atoms with van der Waals surface area (Å²) < 4.78 is 5.98. The zero-order chi connectivity index (χ0) is 20.4. The minimum absolute atomic E-state index is 0.170. The summed E-state index contributed by atoms with van der Waals surface area (Å²) in [6, 6.07) is 0. The van der Waals surface area contributed by atoms with Gasteiger partial charge in [0.25, 0.3) is 0 Å². The second-order valence-electron chi connectivity index (χ2n) is 8.32. The molecule has 0 spiro atoms. The molecule has 0 amide bonds. The Morgan fingerprint density at radius 1 is 0.852 bits per heavy atom. The second kappa shape index (κ2) is 17.2. The quantitative estimate of drug-likeness (QED) is 0.143. The number of unbranched alkanes of at least 4 members (excludes halogenated alkanes) is 11. The molecule has 0 radical (unpaired) electrons. The van der Waals surface area contributed by atoms with E-state index in [-0.39, 0.29) is 12.6 Å². The lowest BCUT2D eigenvalue weighted by atomic mass is 10.1. The fourth-order valence-corrected chi connectivity index (χ4v) is 3.39. The first-order valence-corrected chi connectivity index (χ1v) is 11.2. The minimum atomic E-state index is -0.323. The Hall–Kier alpha value is -0.870. The van der Waals surface area contributed by atoms with Crippen molar-refractivity contribution in [3.8, 4) is 0 Å². The SMILES string of the molecule is C=C(C)C(=O)OCC[N+](C)(CCO)CCCCCCCCCCCCCC. The maximum Gasteiger partial charge on any atom is 0.333 e. The molecule has 0 saturated heterocycles. The highest BCUT2D eigenvalue weighted by molar-refractivity contribution is 5.86. The van der Waals surface area contributed by atoms with E-state index in [1.54, 1.807) is 6.92 Å². The van der Waals surface area contributed by atoms with Gasteiger partial charge in [0.15, 0.2) is 0 Å². The van der Waals surface area contributed by atoms with Crippen molar-refractivity contribution in [1.29, 1.82) is 0 Å². The van der Waals surface area contributed by atoms with Crippen LogP contribution in [0.5, 0.6) is 0 Å². The van der Waals surface area contributed by atoms with Crippen molar-refractivity contribution >= 4 is 5.97 Å². The van der Waals surface area contributed by atoms with Crippen LogP contribution >= 0.6 is 0 Å².